The number of hydrogen-bond donors (Lipinski definition) is 0. The first-order valence-electron chi connectivity index (χ1n) is 8.28. The third-order valence-electron chi connectivity index (χ3n) is 4.59. The van der Waals surface area contributed by atoms with Crippen molar-refractivity contribution in [1.82, 2.24) is 14.8 Å². The molecule has 2 aliphatic rings. The zero-order valence-electron chi connectivity index (χ0n) is 13.9. The Morgan fingerprint density at radius 1 is 1.21 bits per heavy atom. The van der Waals surface area contributed by atoms with Crippen molar-refractivity contribution in [3.05, 3.63) is 30.1 Å². The Labute approximate surface area is 141 Å². The molecule has 0 bridgehead atoms. The summed E-state index contributed by atoms with van der Waals surface area (Å²) in [5.74, 6) is -0.642. The molecule has 3 rings (SSSR count). The number of carbonyl (C=O) groups excluding carboxylic acids is 2. The minimum absolute atomic E-state index is 0.0351. The summed E-state index contributed by atoms with van der Waals surface area (Å²) in [6.07, 6.45) is 4.73. The molecule has 24 heavy (non-hydrogen) atoms. The van der Waals surface area contributed by atoms with E-state index in [2.05, 4.69) is 4.98 Å². The fourth-order valence-electron chi connectivity index (χ4n) is 3.13. The van der Waals surface area contributed by atoms with E-state index in [1.165, 1.54) is 6.92 Å². The van der Waals surface area contributed by atoms with E-state index < -0.39 is 5.79 Å². The van der Waals surface area contributed by atoms with Crippen molar-refractivity contribution in [3.63, 3.8) is 0 Å². The zero-order valence-corrected chi connectivity index (χ0v) is 13.9. The lowest BCUT2D eigenvalue weighted by molar-refractivity contribution is -0.187. The van der Waals surface area contributed by atoms with E-state index in [1.54, 1.807) is 22.2 Å². The van der Waals surface area contributed by atoms with Crippen LogP contribution in [0.3, 0.4) is 0 Å². The molecule has 0 atom stereocenters. The van der Waals surface area contributed by atoms with Crippen LogP contribution in [-0.4, -0.2) is 65.2 Å². The molecule has 2 saturated heterocycles. The molecule has 130 valence electrons. The van der Waals surface area contributed by atoms with Gasteiger partial charge >= 0.3 is 0 Å². The summed E-state index contributed by atoms with van der Waals surface area (Å²) < 4.78 is 11.4. The first kappa shape index (κ1) is 16.9. The molecule has 0 unspecified atom stereocenters. The van der Waals surface area contributed by atoms with Crippen molar-refractivity contribution < 1.29 is 19.1 Å². The number of pyridine rings is 1. The summed E-state index contributed by atoms with van der Waals surface area (Å²) in [4.78, 5) is 31.7. The SMILES string of the molecule is CC(=O)N(CC(=O)N1CCC2(CC1)OCCO2)Cc1ccncc1. The van der Waals surface area contributed by atoms with Crippen LogP contribution in [0.4, 0.5) is 0 Å². The minimum atomic E-state index is -0.492. The van der Waals surface area contributed by atoms with Crippen molar-refractivity contribution in [3.8, 4) is 0 Å². The molecule has 7 nitrogen and oxygen atoms in total. The van der Waals surface area contributed by atoms with Crippen molar-refractivity contribution >= 4 is 11.8 Å². The summed E-state index contributed by atoms with van der Waals surface area (Å²) >= 11 is 0. The van der Waals surface area contributed by atoms with E-state index in [9.17, 15) is 9.59 Å². The minimum Gasteiger partial charge on any atom is -0.347 e. The van der Waals surface area contributed by atoms with Gasteiger partial charge in [0, 0.05) is 51.8 Å². The zero-order chi connectivity index (χ0) is 17.0. The molecule has 1 spiro atoms. The Morgan fingerprint density at radius 3 is 2.42 bits per heavy atom. The highest BCUT2D eigenvalue weighted by Gasteiger charge is 2.40. The maximum Gasteiger partial charge on any atom is 0.242 e. The van der Waals surface area contributed by atoms with Crippen molar-refractivity contribution in [2.75, 3.05) is 32.8 Å². The number of rotatable bonds is 4. The van der Waals surface area contributed by atoms with E-state index in [0.29, 0.717) is 45.7 Å². The van der Waals surface area contributed by atoms with Crippen molar-refractivity contribution in [2.24, 2.45) is 0 Å². The van der Waals surface area contributed by atoms with Crippen molar-refractivity contribution in [2.45, 2.75) is 32.1 Å². The molecule has 2 fully saturated rings. The van der Waals surface area contributed by atoms with Crippen LogP contribution in [0.2, 0.25) is 0 Å². The van der Waals surface area contributed by atoms with Gasteiger partial charge in [0.05, 0.1) is 13.2 Å². The number of likely N-dealkylation sites (tertiary alicyclic amines) is 1. The lowest BCUT2D eigenvalue weighted by atomic mass is 10.0. The monoisotopic (exact) mass is 333 g/mol. The van der Waals surface area contributed by atoms with Crippen LogP contribution in [0.1, 0.15) is 25.3 Å². The molecule has 0 aromatic carbocycles. The molecule has 1 aromatic rings. The lowest BCUT2D eigenvalue weighted by Crippen LogP contribution is -2.50. The van der Waals surface area contributed by atoms with Crippen LogP contribution in [0, 0.1) is 0 Å². The van der Waals surface area contributed by atoms with Gasteiger partial charge in [0.25, 0.3) is 0 Å². The second-order valence-electron chi connectivity index (χ2n) is 6.22. The average molecular weight is 333 g/mol. The average Bonchev–Trinajstić information content (AvgIpc) is 3.03. The van der Waals surface area contributed by atoms with Gasteiger partial charge in [-0.2, -0.15) is 0 Å². The van der Waals surface area contributed by atoms with E-state index in [-0.39, 0.29) is 18.4 Å². The van der Waals surface area contributed by atoms with Gasteiger partial charge in [-0.1, -0.05) is 0 Å². The molecule has 0 radical (unpaired) electrons. The summed E-state index contributed by atoms with van der Waals surface area (Å²) in [6, 6.07) is 3.69. The smallest absolute Gasteiger partial charge is 0.242 e. The van der Waals surface area contributed by atoms with Gasteiger partial charge in [-0.15, -0.1) is 0 Å². The highest BCUT2D eigenvalue weighted by molar-refractivity contribution is 5.83. The molecule has 7 heteroatoms. The van der Waals surface area contributed by atoms with Crippen LogP contribution in [0.15, 0.2) is 24.5 Å². The van der Waals surface area contributed by atoms with E-state index >= 15 is 0 Å². The van der Waals surface area contributed by atoms with Crippen LogP contribution in [-0.2, 0) is 25.6 Å². The van der Waals surface area contributed by atoms with Gasteiger partial charge < -0.3 is 19.3 Å². The fraction of sp³-hybridized carbons (Fsp3) is 0.588. The highest BCUT2D eigenvalue weighted by Crippen LogP contribution is 2.31. The third kappa shape index (κ3) is 3.91. The van der Waals surface area contributed by atoms with E-state index in [4.69, 9.17) is 9.47 Å². The number of nitrogens with zero attached hydrogens (tertiary/aromatic N) is 3. The van der Waals surface area contributed by atoms with Gasteiger partial charge in [0.15, 0.2) is 5.79 Å². The number of ether oxygens (including phenoxy) is 2. The molecule has 2 aliphatic heterocycles. The van der Waals surface area contributed by atoms with Crippen LogP contribution in [0.25, 0.3) is 0 Å². The molecule has 2 amide bonds. The quantitative estimate of drug-likeness (QED) is 0.815. The first-order valence-corrected chi connectivity index (χ1v) is 8.28. The Morgan fingerprint density at radius 2 is 1.83 bits per heavy atom. The number of carbonyl (C=O) groups is 2. The second-order valence-corrected chi connectivity index (χ2v) is 6.22. The topological polar surface area (TPSA) is 72.0 Å². The van der Waals surface area contributed by atoms with Gasteiger partial charge in [-0.05, 0) is 17.7 Å². The molecule has 0 N–H and O–H groups in total. The molecular formula is C17H23N3O4. The summed E-state index contributed by atoms with van der Waals surface area (Å²) in [5, 5.41) is 0. The standard InChI is InChI=1S/C17H23N3O4/c1-14(21)20(12-15-2-6-18-7-3-15)13-16(22)19-8-4-17(5-9-19)23-10-11-24-17/h2-3,6-7H,4-5,8-13H2,1H3. The van der Waals surface area contributed by atoms with Crippen molar-refractivity contribution in [1.29, 1.82) is 0 Å². The summed E-state index contributed by atoms with van der Waals surface area (Å²) in [5.41, 5.74) is 0.957. The Hall–Kier alpha value is -1.99. The Balaban J connectivity index is 1.55. The number of hydrogen-bond acceptors (Lipinski definition) is 5. The number of piperidine rings is 1. The van der Waals surface area contributed by atoms with Gasteiger partial charge in [-0.3, -0.25) is 14.6 Å². The van der Waals surface area contributed by atoms with Gasteiger partial charge in [0.2, 0.25) is 11.8 Å². The van der Waals surface area contributed by atoms with E-state index in [0.717, 1.165) is 5.56 Å². The number of aromatic nitrogens is 1. The Bertz CT molecular complexity index is 577. The predicted octanol–water partition coefficient (Wildman–Crippen LogP) is 0.796. The predicted molar refractivity (Wildman–Crippen MR) is 85.8 cm³/mol. The molecule has 1 aromatic heterocycles. The number of amides is 2. The van der Waals surface area contributed by atoms with Crippen LogP contribution < -0.4 is 0 Å². The maximum absolute atomic E-state index is 12.5. The van der Waals surface area contributed by atoms with Gasteiger partial charge in [0.1, 0.15) is 6.54 Å². The molecule has 3 heterocycles. The molecule has 0 saturated carbocycles. The third-order valence-corrected chi connectivity index (χ3v) is 4.59. The largest absolute Gasteiger partial charge is 0.347 e. The normalized spacial score (nSPS) is 19.5. The Kier molecular flexibility index (Phi) is 5.11. The van der Waals surface area contributed by atoms with Gasteiger partial charge in [-0.25, -0.2) is 0 Å². The van der Waals surface area contributed by atoms with Crippen LogP contribution >= 0.6 is 0 Å². The van der Waals surface area contributed by atoms with Crippen LogP contribution in [0.5, 0.6) is 0 Å². The lowest BCUT2D eigenvalue weighted by Gasteiger charge is -2.38. The maximum atomic E-state index is 12.5. The van der Waals surface area contributed by atoms with E-state index in [1.807, 2.05) is 12.1 Å². The first-order chi connectivity index (χ1) is 11.6. The summed E-state index contributed by atoms with van der Waals surface area (Å²) in [6.45, 7) is 4.43. The molecule has 0 aliphatic carbocycles. The highest BCUT2D eigenvalue weighted by atomic mass is 16.7. The fourth-order valence-corrected chi connectivity index (χ4v) is 3.13. The second kappa shape index (κ2) is 7.27. The molecular weight excluding hydrogens is 310 g/mol. The summed E-state index contributed by atoms with van der Waals surface area (Å²) in [7, 11) is 0.